The third-order valence-corrected chi connectivity index (χ3v) is 5.88. The highest BCUT2D eigenvalue weighted by Gasteiger charge is 2.22. The molecule has 0 N–H and O–H groups in total. The lowest BCUT2D eigenvalue weighted by molar-refractivity contribution is 0.323. The van der Waals surface area contributed by atoms with Gasteiger partial charge in [0.25, 0.3) is 0 Å². The van der Waals surface area contributed by atoms with E-state index in [0.29, 0.717) is 19.0 Å². The second-order valence-corrected chi connectivity index (χ2v) is 8.08. The van der Waals surface area contributed by atoms with Crippen LogP contribution >= 0.6 is 11.8 Å². The van der Waals surface area contributed by atoms with Crippen LogP contribution in [-0.2, 0) is 17.0 Å². The van der Waals surface area contributed by atoms with Crippen LogP contribution in [-0.4, -0.2) is 28.9 Å². The van der Waals surface area contributed by atoms with Crippen molar-refractivity contribution in [2.45, 2.75) is 25.3 Å². The van der Waals surface area contributed by atoms with Crippen LogP contribution in [0.5, 0.6) is 0 Å². The standard InChI is InChI=1S/C23H23FN2OS/c1-17-4-6-19(7-5-17)15-28-16-21-14-27-23(25-21)22-3-2-12-26(22)13-18-8-10-20(24)11-9-18/h2-12,21H,13-16H2,1H3/t21-/m0/s1. The molecule has 2 heterocycles. The molecule has 28 heavy (non-hydrogen) atoms. The molecule has 0 bridgehead atoms. The van der Waals surface area contributed by atoms with E-state index in [0.717, 1.165) is 22.8 Å². The van der Waals surface area contributed by atoms with Crippen LogP contribution < -0.4 is 0 Å². The minimum Gasteiger partial charge on any atom is -0.474 e. The predicted molar refractivity (Wildman–Crippen MR) is 114 cm³/mol. The number of rotatable bonds is 7. The average molecular weight is 395 g/mol. The van der Waals surface area contributed by atoms with Crippen LogP contribution in [0.2, 0.25) is 0 Å². The third-order valence-electron chi connectivity index (χ3n) is 4.73. The summed E-state index contributed by atoms with van der Waals surface area (Å²) in [6, 6.07) is 19.5. The lowest BCUT2D eigenvalue weighted by Crippen LogP contribution is -2.11. The SMILES string of the molecule is Cc1ccc(CSC[C@@H]2COC(c3cccn3Cc3ccc(F)cc3)=N2)cc1. The molecule has 144 valence electrons. The van der Waals surface area contributed by atoms with E-state index in [1.807, 2.05) is 30.1 Å². The van der Waals surface area contributed by atoms with Gasteiger partial charge in [-0.25, -0.2) is 9.38 Å². The second-order valence-electron chi connectivity index (χ2n) is 7.05. The Morgan fingerprint density at radius 2 is 1.82 bits per heavy atom. The van der Waals surface area contributed by atoms with Gasteiger partial charge in [0, 0.05) is 24.2 Å². The van der Waals surface area contributed by atoms with Crippen LogP contribution in [0.1, 0.15) is 22.4 Å². The van der Waals surface area contributed by atoms with E-state index in [1.54, 1.807) is 12.1 Å². The summed E-state index contributed by atoms with van der Waals surface area (Å²) in [6.45, 7) is 3.39. The van der Waals surface area contributed by atoms with Crippen LogP contribution in [0.4, 0.5) is 4.39 Å². The normalized spacial score (nSPS) is 16.1. The third kappa shape index (κ3) is 4.65. The number of aromatic nitrogens is 1. The highest BCUT2D eigenvalue weighted by Crippen LogP contribution is 2.20. The van der Waals surface area contributed by atoms with Crippen LogP contribution in [0.3, 0.4) is 0 Å². The maximum absolute atomic E-state index is 13.1. The molecule has 0 spiro atoms. The molecular weight excluding hydrogens is 371 g/mol. The molecule has 3 aromatic rings. The van der Waals surface area contributed by atoms with Crippen molar-refractivity contribution in [3.63, 3.8) is 0 Å². The van der Waals surface area contributed by atoms with Gasteiger partial charge in [0.05, 0.1) is 6.04 Å². The highest BCUT2D eigenvalue weighted by molar-refractivity contribution is 7.98. The Morgan fingerprint density at radius 3 is 2.61 bits per heavy atom. The van der Waals surface area contributed by atoms with Gasteiger partial charge in [-0.1, -0.05) is 42.0 Å². The Balaban J connectivity index is 1.35. The molecular formula is C23H23FN2OS. The molecule has 5 heteroatoms. The van der Waals surface area contributed by atoms with E-state index < -0.39 is 0 Å². The molecule has 0 radical (unpaired) electrons. The molecule has 0 unspecified atom stereocenters. The van der Waals surface area contributed by atoms with Crippen molar-refractivity contribution in [1.29, 1.82) is 0 Å². The molecule has 4 rings (SSSR count). The average Bonchev–Trinajstić information content (AvgIpc) is 3.34. The van der Waals surface area contributed by atoms with Gasteiger partial charge in [-0.3, -0.25) is 0 Å². The molecule has 0 saturated heterocycles. The van der Waals surface area contributed by atoms with Gasteiger partial charge in [-0.05, 0) is 42.3 Å². The van der Waals surface area contributed by atoms with Crippen LogP contribution in [0.15, 0.2) is 71.9 Å². The van der Waals surface area contributed by atoms with Crippen molar-refractivity contribution >= 4 is 17.7 Å². The van der Waals surface area contributed by atoms with E-state index in [9.17, 15) is 4.39 Å². The lowest BCUT2D eigenvalue weighted by atomic mass is 10.2. The van der Waals surface area contributed by atoms with E-state index in [2.05, 4.69) is 35.8 Å². The predicted octanol–water partition coefficient (Wildman–Crippen LogP) is 5.06. The summed E-state index contributed by atoms with van der Waals surface area (Å²) >= 11 is 1.89. The fourth-order valence-corrected chi connectivity index (χ4v) is 4.16. The van der Waals surface area contributed by atoms with Gasteiger partial charge in [0.15, 0.2) is 0 Å². The Hall–Kier alpha value is -2.53. The zero-order valence-corrected chi connectivity index (χ0v) is 16.7. The van der Waals surface area contributed by atoms with Crippen molar-refractivity contribution < 1.29 is 9.13 Å². The Labute approximate surface area is 169 Å². The van der Waals surface area contributed by atoms with Crippen LogP contribution in [0, 0.1) is 12.7 Å². The number of hydrogen-bond acceptors (Lipinski definition) is 3. The molecule has 1 aliphatic heterocycles. The molecule has 0 fully saturated rings. The molecule has 0 aliphatic carbocycles. The number of aliphatic imine (C=N–C) groups is 1. The number of aryl methyl sites for hydroxylation is 1. The number of halogens is 1. The van der Waals surface area contributed by atoms with Crippen molar-refractivity contribution in [2.75, 3.05) is 12.4 Å². The second kappa shape index (κ2) is 8.65. The first kappa shape index (κ1) is 18.8. The quantitative estimate of drug-likeness (QED) is 0.560. The van der Waals surface area contributed by atoms with Crippen molar-refractivity contribution in [1.82, 2.24) is 4.57 Å². The molecule has 1 atom stereocenters. The fourth-order valence-electron chi connectivity index (χ4n) is 3.17. The summed E-state index contributed by atoms with van der Waals surface area (Å²) in [6.07, 6.45) is 2.00. The largest absolute Gasteiger partial charge is 0.474 e. The van der Waals surface area contributed by atoms with Gasteiger partial charge < -0.3 is 9.30 Å². The maximum atomic E-state index is 13.1. The minimum absolute atomic E-state index is 0.180. The number of benzene rings is 2. The number of thioether (sulfide) groups is 1. The van der Waals surface area contributed by atoms with Gasteiger partial charge in [-0.2, -0.15) is 11.8 Å². The summed E-state index contributed by atoms with van der Waals surface area (Å²) in [5.41, 5.74) is 4.64. The lowest BCUT2D eigenvalue weighted by Gasteiger charge is -2.09. The van der Waals surface area contributed by atoms with Crippen LogP contribution in [0.25, 0.3) is 0 Å². The van der Waals surface area contributed by atoms with E-state index in [4.69, 9.17) is 9.73 Å². The summed E-state index contributed by atoms with van der Waals surface area (Å²) in [4.78, 5) is 4.78. The van der Waals surface area contributed by atoms with Gasteiger partial charge >= 0.3 is 0 Å². The molecule has 0 saturated carbocycles. The first-order valence-electron chi connectivity index (χ1n) is 9.41. The zero-order chi connectivity index (χ0) is 19.3. The highest BCUT2D eigenvalue weighted by atomic mass is 32.2. The van der Waals surface area contributed by atoms with Gasteiger partial charge in [0.1, 0.15) is 18.1 Å². The Morgan fingerprint density at radius 1 is 1.07 bits per heavy atom. The Bertz CT molecular complexity index is 947. The van der Waals surface area contributed by atoms with Crippen molar-refractivity contribution in [3.05, 3.63) is 95.1 Å². The number of ether oxygens (including phenoxy) is 1. The molecule has 3 nitrogen and oxygen atoms in total. The first-order chi connectivity index (χ1) is 13.7. The molecule has 2 aromatic carbocycles. The van der Waals surface area contributed by atoms with Gasteiger partial charge in [0.2, 0.25) is 5.90 Å². The van der Waals surface area contributed by atoms with E-state index in [1.165, 1.54) is 23.3 Å². The topological polar surface area (TPSA) is 26.5 Å². The summed E-state index contributed by atoms with van der Waals surface area (Å²) in [5.74, 6) is 2.41. The fraction of sp³-hybridized carbons (Fsp3) is 0.261. The number of hydrogen-bond donors (Lipinski definition) is 0. The maximum Gasteiger partial charge on any atom is 0.233 e. The summed E-state index contributed by atoms with van der Waals surface area (Å²) in [7, 11) is 0. The summed E-state index contributed by atoms with van der Waals surface area (Å²) < 4.78 is 21.1. The van der Waals surface area contributed by atoms with Crippen molar-refractivity contribution in [3.8, 4) is 0 Å². The van der Waals surface area contributed by atoms with Crippen molar-refractivity contribution in [2.24, 2.45) is 4.99 Å². The molecule has 1 aromatic heterocycles. The van der Waals surface area contributed by atoms with E-state index >= 15 is 0 Å². The minimum atomic E-state index is -0.217. The summed E-state index contributed by atoms with van der Waals surface area (Å²) in [5, 5.41) is 0. The first-order valence-corrected chi connectivity index (χ1v) is 10.6. The Kier molecular flexibility index (Phi) is 5.81. The zero-order valence-electron chi connectivity index (χ0n) is 15.8. The molecule has 1 aliphatic rings. The number of nitrogens with zero attached hydrogens (tertiary/aromatic N) is 2. The van der Waals surface area contributed by atoms with Gasteiger partial charge in [-0.15, -0.1) is 0 Å². The van der Waals surface area contributed by atoms with E-state index in [-0.39, 0.29) is 11.9 Å². The molecule has 0 amide bonds. The monoisotopic (exact) mass is 394 g/mol. The smallest absolute Gasteiger partial charge is 0.233 e.